The normalized spacial score (nSPS) is 11.9. The van der Waals surface area contributed by atoms with Crippen LogP contribution in [0.25, 0.3) is 10.8 Å². The number of rotatable bonds is 7. The summed E-state index contributed by atoms with van der Waals surface area (Å²) in [4.78, 5) is 12.3. The summed E-state index contributed by atoms with van der Waals surface area (Å²) < 4.78 is 19.3. The van der Waals surface area contributed by atoms with Crippen molar-refractivity contribution in [1.29, 1.82) is 0 Å². The Balaban J connectivity index is 1.34. The summed E-state index contributed by atoms with van der Waals surface area (Å²) in [7, 11) is 0. The molecule has 0 bridgehead atoms. The van der Waals surface area contributed by atoms with Gasteiger partial charge in [-0.15, -0.1) is 10.2 Å². The summed E-state index contributed by atoms with van der Waals surface area (Å²) in [6.07, 6.45) is -0.758. The van der Waals surface area contributed by atoms with Gasteiger partial charge in [0.15, 0.2) is 10.4 Å². The van der Waals surface area contributed by atoms with E-state index in [4.69, 9.17) is 4.74 Å². The van der Waals surface area contributed by atoms with Gasteiger partial charge in [0.1, 0.15) is 11.6 Å². The van der Waals surface area contributed by atoms with Crippen LogP contribution in [0.5, 0.6) is 5.75 Å². The lowest BCUT2D eigenvalue weighted by molar-refractivity contribution is -0.122. The van der Waals surface area contributed by atoms with Gasteiger partial charge in [-0.2, -0.15) is 0 Å². The van der Waals surface area contributed by atoms with Crippen LogP contribution >= 0.6 is 23.1 Å². The van der Waals surface area contributed by atoms with Gasteiger partial charge in [0.05, 0.1) is 0 Å². The first-order chi connectivity index (χ1) is 14.6. The molecule has 1 unspecified atom stereocenters. The number of benzene rings is 3. The van der Waals surface area contributed by atoms with Crippen molar-refractivity contribution in [1.82, 2.24) is 10.2 Å². The highest BCUT2D eigenvalue weighted by molar-refractivity contribution is 8.00. The van der Waals surface area contributed by atoms with Crippen molar-refractivity contribution in [2.45, 2.75) is 23.1 Å². The van der Waals surface area contributed by atoms with E-state index in [9.17, 15) is 9.18 Å². The SMILES string of the molecule is CC(Oc1ccc(F)cc1)C(=O)Nc1nnc(SCc2cccc3ccccc23)s1. The number of amides is 1. The van der Waals surface area contributed by atoms with Crippen molar-refractivity contribution in [2.24, 2.45) is 0 Å². The highest BCUT2D eigenvalue weighted by Gasteiger charge is 2.17. The van der Waals surface area contributed by atoms with Crippen LogP contribution in [0.15, 0.2) is 71.1 Å². The van der Waals surface area contributed by atoms with Crippen molar-refractivity contribution >= 4 is 44.9 Å². The number of anilines is 1. The molecule has 30 heavy (non-hydrogen) atoms. The van der Waals surface area contributed by atoms with E-state index >= 15 is 0 Å². The fraction of sp³-hybridized carbons (Fsp3) is 0.136. The molecule has 152 valence electrons. The van der Waals surface area contributed by atoms with E-state index in [2.05, 4.69) is 39.8 Å². The van der Waals surface area contributed by atoms with E-state index in [1.807, 2.05) is 18.2 Å². The van der Waals surface area contributed by atoms with Crippen LogP contribution in [-0.4, -0.2) is 22.2 Å². The Morgan fingerprint density at radius 2 is 1.87 bits per heavy atom. The van der Waals surface area contributed by atoms with E-state index < -0.39 is 6.10 Å². The van der Waals surface area contributed by atoms with Crippen molar-refractivity contribution < 1.29 is 13.9 Å². The predicted molar refractivity (Wildman–Crippen MR) is 119 cm³/mol. The van der Waals surface area contributed by atoms with Crippen LogP contribution < -0.4 is 10.1 Å². The van der Waals surface area contributed by atoms with E-state index in [0.717, 1.165) is 10.1 Å². The average molecular weight is 440 g/mol. The second-order valence-corrected chi connectivity index (χ2v) is 8.70. The number of thioether (sulfide) groups is 1. The van der Waals surface area contributed by atoms with E-state index in [-0.39, 0.29) is 11.7 Å². The molecule has 4 aromatic rings. The standard InChI is InChI=1S/C22H18FN3O2S2/c1-14(28-18-11-9-17(23)10-12-18)20(27)24-21-25-26-22(30-21)29-13-16-7-4-6-15-5-2-3-8-19(15)16/h2-12,14H,13H2,1H3,(H,24,25,27). The third kappa shape index (κ3) is 4.95. The number of nitrogens with zero attached hydrogens (tertiary/aromatic N) is 2. The smallest absolute Gasteiger partial charge is 0.266 e. The molecule has 0 spiro atoms. The molecular formula is C22H18FN3O2S2. The van der Waals surface area contributed by atoms with Gasteiger partial charge in [0, 0.05) is 5.75 Å². The molecular weight excluding hydrogens is 421 g/mol. The van der Waals surface area contributed by atoms with Crippen LogP contribution in [0.3, 0.4) is 0 Å². The molecule has 0 fully saturated rings. The number of hydrogen-bond acceptors (Lipinski definition) is 6. The van der Waals surface area contributed by atoms with Crippen molar-refractivity contribution in [3.05, 3.63) is 78.1 Å². The van der Waals surface area contributed by atoms with Gasteiger partial charge < -0.3 is 4.74 Å². The third-order valence-corrected chi connectivity index (χ3v) is 6.38. The fourth-order valence-electron chi connectivity index (χ4n) is 2.85. The second-order valence-electron chi connectivity index (χ2n) is 6.50. The van der Waals surface area contributed by atoms with Gasteiger partial charge in [0.2, 0.25) is 5.13 Å². The predicted octanol–water partition coefficient (Wildman–Crippen LogP) is 5.53. The Morgan fingerprint density at radius 1 is 1.10 bits per heavy atom. The Morgan fingerprint density at radius 3 is 2.70 bits per heavy atom. The Hall–Kier alpha value is -2.97. The van der Waals surface area contributed by atoms with Crippen molar-refractivity contribution in [3.8, 4) is 5.75 Å². The quantitative estimate of drug-likeness (QED) is 0.303. The van der Waals surface area contributed by atoms with Crippen LogP contribution in [0.4, 0.5) is 9.52 Å². The van der Waals surface area contributed by atoms with Gasteiger partial charge in [0.25, 0.3) is 5.91 Å². The van der Waals surface area contributed by atoms with Crippen LogP contribution in [0.1, 0.15) is 12.5 Å². The summed E-state index contributed by atoms with van der Waals surface area (Å²) in [5.74, 6) is 0.471. The minimum absolute atomic E-state index is 0.346. The van der Waals surface area contributed by atoms with Gasteiger partial charge in [-0.1, -0.05) is 65.6 Å². The Bertz CT molecular complexity index is 1160. The summed E-state index contributed by atoms with van der Waals surface area (Å²) >= 11 is 2.89. The molecule has 0 aliphatic heterocycles. The van der Waals surface area contributed by atoms with E-state index in [1.54, 1.807) is 18.7 Å². The zero-order valence-corrected chi connectivity index (χ0v) is 17.7. The lowest BCUT2D eigenvalue weighted by atomic mass is 10.1. The van der Waals surface area contributed by atoms with Gasteiger partial charge >= 0.3 is 0 Å². The maximum atomic E-state index is 13.0. The van der Waals surface area contributed by atoms with Crippen LogP contribution in [0.2, 0.25) is 0 Å². The first-order valence-corrected chi connectivity index (χ1v) is 11.0. The minimum Gasteiger partial charge on any atom is -0.481 e. The highest BCUT2D eigenvalue weighted by Crippen LogP contribution is 2.30. The number of halogens is 1. The lowest BCUT2D eigenvalue weighted by Gasteiger charge is -2.13. The molecule has 1 aromatic heterocycles. The number of ether oxygens (including phenoxy) is 1. The molecule has 5 nitrogen and oxygen atoms in total. The summed E-state index contributed by atoms with van der Waals surface area (Å²) in [6.45, 7) is 1.62. The molecule has 1 amide bonds. The number of carbonyl (C=O) groups excluding carboxylic acids is 1. The monoisotopic (exact) mass is 439 g/mol. The molecule has 0 saturated carbocycles. The first-order valence-electron chi connectivity index (χ1n) is 9.24. The number of aromatic nitrogens is 2. The minimum atomic E-state index is -0.758. The molecule has 1 atom stereocenters. The summed E-state index contributed by atoms with van der Waals surface area (Å²) in [5, 5.41) is 13.7. The number of nitrogens with one attached hydrogen (secondary N) is 1. The van der Waals surface area contributed by atoms with Crippen LogP contribution in [0, 0.1) is 5.82 Å². The zero-order valence-electron chi connectivity index (χ0n) is 16.0. The average Bonchev–Trinajstić information content (AvgIpc) is 3.21. The van der Waals surface area contributed by atoms with Crippen molar-refractivity contribution in [2.75, 3.05) is 5.32 Å². The number of hydrogen-bond donors (Lipinski definition) is 1. The van der Waals surface area contributed by atoms with Gasteiger partial charge in [-0.25, -0.2) is 4.39 Å². The third-order valence-electron chi connectivity index (χ3n) is 4.36. The lowest BCUT2D eigenvalue weighted by Crippen LogP contribution is -2.30. The topological polar surface area (TPSA) is 64.1 Å². The highest BCUT2D eigenvalue weighted by atomic mass is 32.2. The Labute approximate surface area is 181 Å². The zero-order chi connectivity index (χ0) is 20.9. The molecule has 0 radical (unpaired) electrons. The molecule has 1 heterocycles. The molecule has 0 saturated heterocycles. The summed E-state index contributed by atoms with van der Waals surface area (Å²) in [5.41, 5.74) is 1.22. The largest absolute Gasteiger partial charge is 0.481 e. The maximum Gasteiger partial charge on any atom is 0.266 e. The molecule has 0 aliphatic rings. The number of fused-ring (bicyclic) bond motifs is 1. The van der Waals surface area contributed by atoms with Gasteiger partial charge in [-0.3, -0.25) is 10.1 Å². The first kappa shape index (κ1) is 20.3. The van der Waals surface area contributed by atoms with E-state index in [0.29, 0.717) is 10.9 Å². The summed E-state index contributed by atoms with van der Waals surface area (Å²) in [6, 6.07) is 20.0. The number of carbonyl (C=O) groups is 1. The molecule has 0 aliphatic carbocycles. The second kappa shape index (κ2) is 9.23. The van der Waals surface area contributed by atoms with Crippen molar-refractivity contribution in [3.63, 3.8) is 0 Å². The molecule has 1 N–H and O–H groups in total. The van der Waals surface area contributed by atoms with E-state index in [1.165, 1.54) is 51.9 Å². The molecule has 4 rings (SSSR count). The van der Waals surface area contributed by atoms with Gasteiger partial charge in [-0.05, 0) is 47.5 Å². The fourth-order valence-corrected chi connectivity index (χ4v) is 4.61. The molecule has 3 aromatic carbocycles. The molecule has 8 heteroatoms. The maximum absolute atomic E-state index is 13.0. The Kier molecular flexibility index (Phi) is 6.25. The van der Waals surface area contributed by atoms with Crippen LogP contribution in [-0.2, 0) is 10.5 Å².